The van der Waals surface area contributed by atoms with E-state index >= 15 is 0 Å². The highest BCUT2D eigenvalue weighted by molar-refractivity contribution is 5.92. The number of hydrogen-bond acceptors (Lipinski definition) is 4. The van der Waals surface area contributed by atoms with E-state index in [1.807, 2.05) is 11.0 Å². The molecule has 1 aliphatic rings. The molecular formula is C18H18F3N3O2. The van der Waals surface area contributed by atoms with Gasteiger partial charge in [0.2, 0.25) is 0 Å². The summed E-state index contributed by atoms with van der Waals surface area (Å²) in [6.45, 7) is 2.60. The Morgan fingerprint density at radius 2 is 1.88 bits per heavy atom. The topological polar surface area (TPSA) is 54.5 Å². The first-order valence-corrected chi connectivity index (χ1v) is 8.17. The summed E-state index contributed by atoms with van der Waals surface area (Å²) in [5.74, 6) is 0.248. The summed E-state index contributed by atoms with van der Waals surface area (Å²) >= 11 is 0. The minimum atomic E-state index is -4.41. The molecule has 138 valence electrons. The molecule has 1 aliphatic heterocycles. The third-order valence-corrected chi connectivity index (χ3v) is 4.01. The quantitative estimate of drug-likeness (QED) is 0.905. The van der Waals surface area contributed by atoms with E-state index in [2.05, 4.69) is 10.3 Å². The van der Waals surface area contributed by atoms with Gasteiger partial charge >= 0.3 is 6.18 Å². The molecule has 1 N–H and O–H groups in total. The highest BCUT2D eigenvalue weighted by atomic mass is 19.4. The monoisotopic (exact) mass is 365 g/mol. The van der Waals surface area contributed by atoms with Gasteiger partial charge in [-0.3, -0.25) is 4.79 Å². The van der Waals surface area contributed by atoms with Crippen LogP contribution in [-0.2, 0) is 17.5 Å². The zero-order chi connectivity index (χ0) is 18.6. The number of hydrogen-bond donors (Lipinski definition) is 1. The second-order valence-electron chi connectivity index (χ2n) is 5.86. The largest absolute Gasteiger partial charge is 0.416 e. The van der Waals surface area contributed by atoms with E-state index in [9.17, 15) is 18.0 Å². The number of ether oxygens (including phenoxy) is 1. The Hall–Kier alpha value is -2.61. The summed E-state index contributed by atoms with van der Waals surface area (Å²) in [4.78, 5) is 18.7. The minimum Gasteiger partial charge on any atom is -0.378 e. The summed E-state index contributed by atoms with van der Waals surface area (Å²) in [6.07, 6.45) is -4.41. The molecule has 0 atom stereocenters. The maximum Gasteiger partial charge on any atom is 0.416 e. The second-order valence-corrected chi connectivity index (χ2v) is 5.86. The summed E-state index contributed by atoms with van der Waals surface area (Å²) in [6, 6.07) is 10.0. The molecule has 1 aromatic carbocycles. The average molecular weight is 365 g/mol. The predicted octanol–water partition coefficient (Wildman–Crippen LogP) is 2.87. The number of aromatic nitrogens is 1. The van der Waals surface area contributed by atoms with Gasteiger partial charge in [0.15, 0.2) is 0 Å². The molecule has 8 heteroatoms. The van der Waals surface area contributed by atoms with Crippen molar-refractivity contribution in [3.63, 3.8) is 0 Å². The van der Waals surface area contributed by atoms with E-state index < -0.39 is 17.6 Å². The van der Waals surface area contributed by atoms with Gasteiger partial charge in [-0.05, 0) is 29.8 Å². The summed E-state index contributed by atoms with van der Waals surface area (Å²) in [5.41, 5.74) is -0.143. The smallest absolute Gasteiger partial charge is 0.378 e. The lowest BCUT2D eigenvalue weighted by Gasteiger charge is -2.27. The lowest BCUT2D eigenvalue weighted by atomic mass is 10.1. The molecule has 0 saturated carbocycles. The van der Waals surface area contributed by atoms with Crippen LogP contribution in [0.1, 0.15) is 21.6 Å². The maximum atomic E-state index is 12.7. The van der Waals surface area contributed by atoms with E-state index in [0.717, 1.165) is 12.1 Å². The van der Waals surface area contributed by atoms with Crippen molar-refractivity contribution in [2.24, 2.45) is 0 Å². The normalized spacial score (nSPS) is 15.0. The number of carbonyl (C=O) groups is 1. The molecule has 2 heterocycles. The van der Waals surface area contributed by atoms with Gasteiger partial charge in [0, 0.05) is 19.6 Å². The lowest BCUT2D eigenvalue weighted by Crippen LogP contribution is -2.37. The molecule has 26 heavy (non-hydrogen) atoms. The van der Waals surface area contributed by atoms with E-state index in [0.29, 0.717) is 37.7 Å². The van der Waals surface area contributed by atoms with Crippen molar-refractivity contribution >= 4 is 11.7 Å². The van der Waals surface area contributed by atoms with Crippen molar-refractivity contribution in [3.8, 4) is 0 Å². The lowest BCUT2D eigenvalue weighted by molar-refractivity contribution is -0.137. The molecule has 1 saturated heterocycles. The summed E-state index contributed by atoms with van der Waals surface area (Å²) < 4.78 is 43.5. The standard InChI is InChI=1S/C18H18F3N3O2/c19-18(20,21)14-4-1-3-13(11-14)12-22-17(25)15-5-2-6-16(23-15)24-7-9-26-10-8-24/h1-6,11H,7-10,12H2,(H,22,25). The Morgan fingerprint density at radius 1 is 1.15 bits per heavy atom. The number of nitrogens with zero attached hydrogens (tertiary/aromatic N) is 2. The number of benzene rings is 1. The Morgan fingerprint density at radius 3 is 2.62 bits per heavy atom. The van der Waals surface area contributed by atoms with Crippen LogP contribution in [0.2, 0.25) is 0 Å². The number of halogens is 3. The van der Waals surface area contributed by atoms with Gasteiger partial charge in [0.1, 0.15) is 11.5 Å². The zero-order valence-corrected chi connectivity index (χ0v) is 13.9. The molecule has 5 nitrogen and oxygen atoms in total. The molecule has 0 radical (unpaired) electrons. The van der Waals surface area contributed by atoms with Gasteiger partial charge in [-0.2, -0.15) is 13.2 Å². The highest BCUT2D eigenvalue weighted by Gasteiger charge is 2.30. The first kappa shape index (κ1) is 18.2. The molecule has 1 aromatic heterocycles. The first-order valence-electron chi connectivity index (χ1n) is 8.17. The van der Waals surface area contributed by atoms with Crippen molar-refractivity contribution in [1.29, 1.82) is 0 Å². The van der Waals surface area contributed by atoms with E-state index in [1.54, 1.807) is 12.1 Å². The van der Waals surface area contributed by atoms with Crippen LogP contribution in [0.15, 0.2) is 42.5 Å². The molecule has 1 fully saturated rings. The van der Waals surface area contributed by atoms with E-state index in [-0.39, 0.29) is 12.2 Å². The van der Waals surface area contributed by atoms with Crippen molar-refractivity contribution < 1.29 is 22.7 Å². The zero-order valence-electron chi connectivity index (χ0n) is 13.9. The van der Waals surface area contributed by atoms with Crippen LogP contribution >= 0.6 is 0 Å². The van der Waals surface area contributed by atoms with Gasteiger partial charge in [-0.1, -0.05) is 18.2 Å². The fraction of sp³-hybridized carbons (Fsp3) is 0.333. The van der Waals surface area contributed by atoms with Crippen LogP contribution in [0.5, 0.6) is 0 Å². The van der Waals surface area contributed by atoms with Crippen molar-refractivity contribution in [1.82, 2.24) is 10.3 Å². The van der Waals surface area contributed by atoms with E-state index in [1.165, 1.54) is 12.1 Å². The Bertz CT molecular complexity index is 774. The van der Waals surface area contributed by atoms with Crippen molar-refractivity contribution in [2.45, 2.75) is 12.7 Å². The summed E-state index contributed by atoms with van der Waals surface area (Å²) in [5, 5.41) is 2.61. The highest BCUT2D eigenvalue weighted by Crippen LogP contribution is 2.29. The second kappa shape index (κ2) is 7.74. The minimum absolute atomic E-state index is 0.00772. The Kier molecular flexibility index (Phi) is 5.41. The predicted molar refractivity (Wildman–Crippen MR) is 89.9 cm³/mol. The SMILES string of the molecule is O=C(NCc1cccc(C(F)(F)F)c1)c1cccc(N2CCOCC2)n1. The van der Waals surface area contributed by atoms with E-state index in [4.69, 9.17) is 4.74 Å². The molecule has 3 rings (SSSR count). The third-order valence-electron chi connectivity index (χ3n) is 4.01. The number of morpholine rings is 1. The number of rotatable bonds is 4. The van der Waals surface area contributed by atoms with Crippen LogP contribution in [0.4, 0.5) is 19.0 Å². The van der Waals surface area contributed by atoms with Crippen LogP contribution < -0.4 is 10.2 Å². The van der Waals surface area contributed by atoms with Crippen LogP contribution in [0.25, 0.3) is 0 Å². The Balaban J connectivity index is 1.65. The van der Waals surface area contributed by atoms with Gasteiger partial charge in [-0.15, -0.1) is 0 Å². The molecule has 2 aromatic rings. The molecule has 0 aliphatic carbocycles. The summed E-state index contributed by atoms with van der Waals surface area (Å²) in [7, 11) is 0. The van der Waals surface area contributed by atoms with Gasteiger partial charge in [-0.25, -0.2) is 4.98 Å². The molecule has 0 unspecified atom stereocenters. The van der Waals surface area contributed by atoms with Gasteiger partial charge < -0.3 is 15.0 Å². The number of pyridine rings is 1. The fourth-order valence-electron chi connectivity index (χ4n) is 2.65. The maximum absolute atomic E-state index is 12.7. The third kappa shape index (κ3) is 4.51. The van der Waals surface area contributed by atoms with Crippen molar-refractivity contribution in [2.75, 3.05) is 31.2 Å². The Labute approximate surface area is 148 Å². The number of carbonyl (C=O) groups excluding carboxylic acids is 1. The number of nitrogens with one attached hydrogen (secondary N) is 1. The van der Waals surface area contributed by atoms with Crippen LogP contribution in [-0.4, -0.2) is 37.2 Å². The number of alkyl halides is 3. The van der Waals surface area contributed by atoms with Crippen LogP contribution in [0.3, 0.4) is 0 Å². The first-order chi connectivity index (χ1) is 12.4. The fourth-order valence-corrected chi connectivity index (χ4v) is 2.65. The number of amides is 1. The van der Waals surface area contributed by atoms with Crippen LogP contribution in [0, 0.1) is 0 Å². The molecule has 0 bridgehead atoms. The number of anilines is 1. The molecule has 0 spiro atoms. The van der Waals surface area contributed by atoms with Gasteiger partial charge in [0.25, 0.3) is 5.91 Å². The molecule has 1 amide bonds. The van der Waals surface area contributed by atoms with Gasteiger partial charge in [0.05, 0.1) is 18.8 Å². The van der Waals surface area contributed by atoms with Crippen molar-refractivity contribution in [3.05, 3.63) is 59.3 Å². The average Bonchev–Trinajstić information content (AvgIpc) is 2.66. The molecular weight excluding hydrogens is 347 g/mol.